The minimum atomic E-state index is -1.13. The lowest BCUT2D eigenvalue weighted by molar-refractivity contribution is -0.148. The van der Waals surface area contributed by atoms with Crippen molar-refractivity contribution in [2.75, 3.05) is 6.54 Å². The Kier molecular flexibility index (Phi) is 4.62. The summed E-state index contributed by atoms with van der Waals surface area (Å²) >= 11 is 3.29. The fraction of sp³-hybridized carbons (Fsp3) is 0.357. The number of carboxylic acids is 2. The van der Waals surface area contributed by atoms with Crippen LogP contribution in [-0.4, -0.2) is 45.5 Å². The maximum absolute atomic E-state index is 11.9. The molecule has 0 saturated carbocycles. The molecule has 7 heteroatoms. The molecule has 1 aromatic rings. The molecule has 0 radical (unpaired) electrons. The van der Waals surface area contributed by atoms with E-state index in [1.165, 1.54) is 0 Å². The zero-order chi connectivity index (χ0) is 15.6. The van der Waals surface area contributed by atoms with E-state index in [9.17, 15) is 19.5 Å². The van der Waals surface area contributed by atoms with Crippen molar-refractivity contribution in [1.29, 1.82) is 0 Å². The fourth-order valence-corrected chi connectivity index (χ4v) is 2.64. The van der Waals surface area contributed by atoms with E-state index in [4.69, 9.17) is 5.11 Å². The Balaban J connectivity index is 2.16. The van der Waals surface area contributed by atoms with Crippen LogP contribution in [0.2, 0.25) is 0 Å². The predicted octanol–water partition coefficient (Wildman–Crippen LogP) is 1.38. The average Bonchev–Trinajstić information content (AvgIpc) is 2.80. The van der Waals surface area contributed by atoms with Crippen molar-refractivity contribution in [3.8, 4) is 0 Å². The Morgan fingerprint density at radius 3 is 2.38 bits per heavy atom. The maximum atomic E-state index is 11.9. The molecule has 6 nitrogen and oxygen atoms in total. The molecular formula is C14H14BrNO5. The highest BCUT2D eigenvalue weighted by molar-refractivity contribution is 9.10. The number of aliphatic carboxylic acids is 2. The molecule has 0 spiro atoms. The number of likely N-dealkylation sites (tertiary alicyclic amines) is 1. The molecule has 1 aliphatic rings. The lowest BCUT2D eigenvalue weighted by Gasteiger charge is -2.24. The number of hydrogen-bond acceptors (Lipinski definition) is 3. The molecule has 2 unspecified atom stereocenters. The quantitative estimate of drug-likeness (QED) is 0.831. The van der Waals surface area contributed by atoms with Gasteiger partial charge < -0.3 is 15.1 Å². The molecule has 0 bridgehead atoms. The lowest BCUT2D eigenvalue weighted by Crippen LogP contribution is -2.44. The van der Waals surface area contributed by atoms with Crippen LogP contribution < -0.4 is 0 Å². The van der Waals surface area contributed by atoms with E-state index >= 15 is 0 Å². The van der Waals surface area contributed by atoms with Crippen LogP contribution in [0.25, 0.3) is 0 Å². The Morgan fingerprint density at radius 1 is 1.29 bits per heavy atom. The smallest absolute Gasteiger partial charge is 0.326 e. The van der Waals surface area contributed by atoms with Gasteiger partial charge in [-0.1, -0.05) is 28.1 Å². The lowest BCUT2D eigenvalue weighted by atomic mass is 10.0. The first-order valence-corrected chi connectivity index (χ1v) is 7.17. The highest BCUT2D eigenvalue weighted by Crippen LogP contribution is 2.23. The Morgan fingerprint density at radius 2 is 1.90 bits per heavy atom. The van der Waals surface area contributed by atoms with Crippen LogP contribution in [0.15, 0.2) is 28.7 Å². The van der Waals surface area contributed by atoms with Crippen molar-refractivity contribution < 1.29 is 24.6 Å². The topological polar surface area (TPSA) is 94.9 Å². The predicted molar refractivity (Wildman–Crippen MR) is 76.7 cm³/mol. The van der Waals surface area contributed by atoms with Crippen LogP contribution in [0, 0.1) is 5.92 Å². The summed E-state index contributed by atoms with van der Waals surface area (Å²) in [7, 11) is 0. The first-order valence-electron chi connectivity index (χ1n) is 6.38. The van der Waals surface area contributed by atoms with Crippen LogP contribution in [0.5, 0.6) is 0 Å². The van der Waals surface area contributed by atoms with Gasteiger partial charge in [0.05, 0.1) is 5.92 Å². The van der Waals surface area contributed by atoms with E-state index in [0.717, 1.165) is 14.9 Å². The average molecular weight is 356 g/mol. The van der Waals surface area contributed by atoms with Crippen molar-refractivity contribution in [3.63, 3.8) is 0 Å². The minimum absolute atomic E-state index is 0.0539. The molecule has 112 valence electrons. The number of carbonyl (C=O) groups is 3. The van der Waals surface area contributed by atoms with Gasteiger partial charge in [-0.2, -0.15) is 0 Å². The van der Waals surface area contributed by atoms with E-state index in [1.54, 1.807) is 24.3 Å². The van der Waals surface area contributed by atoms with Crippen molar-refractivity contribution >= 4 is 33.8 Å². The summed E-state index contributed by atoms with van der Waals surface area (Å²) in [6.45, 7) is -0.0539. The second-order valence-electron chi connectivity index (χ2n) is 4.97. The Bertz CT molecular complexity index is 571. The standard InChI is InChI=1S/C14H14BrNO5/c15-10-3-1-8(2-4-10)5-11(14(20)21)16-7-9(13(18)19)6-12(16)17/h1-4,9,11H,5-7H2,(H,18,19)(H,20,21). The number of hydrogen-bond donors (Lipinski definition) is 2. The third-order valence-electron chi connectivity index (χ3n) is 3.51. The van der Waals surface area contributed by atoms with Gasteiger partial charge in [-0.15, -0.1) is 0 Å². The van der Waals surface area contributed by atoms with Crippen molar-refractivity contribution in [2.24, 2.45) is 5.92 Å². The van der Waals surface area contributed by atoms with Gasteiger partial charge >= 0.3 is 11.9 Å². The molecule has 2 rings (SSSR count). The molecule has 0 aliphatic carbocycles. The Hall–Kier alpha value is -1.89. The summed E-state index contributed by atoms with van der Waals surface area (Å²) < 4.78 is 0.876. The molecule has 1 fully saturated rings. The van der Waals surface area contributed by atoms with Gasteiger partial charge in [0.1, 0.15) is 6.04 Å². The molecular weight excluding hydrogens is 342 g/mol. The van der Waals surface area contributed by atoms with E-state index in [2.05, 4.69) is 15.9 Å². The van der Waals surface area contributed by atoms with E-state index in [1.807, 2.05) is 0 Å². The maximum Gasteiger partial charge on any atom is 0.326 e. The molecule has 2 N–H and O–H groups in total. The molecule has 1 amide bonds. The largest absolute Gasteiger partial charge is 0.481 e. The number of carbonyl (C=O) groups excluding carboxylic acids is 1. The van der Waals surface area contributed by atoms with Crippen molar-refractivity contribution in [2.45, 2.75) is 18.9 Å². The zero-order valence-electron chi connectivity index (χ0n) is 11.0. The van der Waals surface area contributed by atoms with Crippen molar-refractivity contribution in [1.82, 2.24) is 4.90 Å². The number of amides is 1. The number of nitrogens with zero attached hydrogens (tertiary/aromatic N) is 1. The highest BCUT2D eigenvalue weighted by atomic mass is 79.9. The second-order valence-corrected chi connectivity index (χ2v) is 5.89. The summed E-state index contributed by atoms with van der Waals surface area (Å²) in [6, 6.07) is 6.09. The first kappa shape index (κ1) is 15.5. The molecule has 1 aromatic carbocycles. The Labute approximate surface area is 129 Å². The summed E-state index contributed by atoms with van der Waals surface area (Å²) in [5.41, 5.74) is 0.775. The molecule has 1 aliphatic heterocycles. The molecule has 1 saturated heterocycles. The molecule has 0 aromatic heterocycles. The summed E-state index contributed by atoms with van der Waals surface area (Å²) in [5, 5.41) is 18.3. The van der Waals surface area contributed by atoms with Crippen LogP contribution in [0.4, 0.5) is 0 Å². The monoisotopic (exact) mass is 355 g/mol. The van der Waals surface area contributed by atoms with Crippen LogP contribution in [0.3, 0.4) is 0 Å². The molecule has 21 heavy (non-hydrogen) atoms. The van der Waals surface area contributed by atoms with Crippen LogP contribution in [0.1, 0.15) is 12.0 Å². The van der Waals surface area contributed by atoms with Gasteiger partial charge in [0.25, 0.3) is 0 Å². The third-order valence-corrected chi connectivity index (χ3v) is 4.04. The summed E-state index contributed by atoms with van der Waals surface area (Å²) in [4.78, 5) is 35.4. The SMILES string of the molecule is O=C(O)C1CC(=O)N(C(Cc2ccc(Br)cc2)C(=O)O)C1. The molecule has 1 heterocycles. The van der Waals surface area contributed by atoms with Gasteiger partial charge in [-0.25, -0.2) is 4.79 Å². The number of benzene rings is 1. The van der Waals surface area contributed by atoms with Crippen LogP contribution >= 0.6 is 15.9 Å². The number of halogens is 1. The number of rotatable bonds is 5. The molecule has 2 atom stereocenters. The van der Waals surface area contributed by atoms with Crippen LogP contribution in [-0.2, 0) is 20.8 Å². The zero-order valence-corrected chi connectivity index (χ0v) is 12.6. The summed E-state index contributed by atoms with van der Waals surface area (Å²) in [6.07, 6.45) is 0.0140. The highest BCUT2D eigenvalue weighted by Gasteiger charge is 2.40. The van der Waals surface area contributed by atoms with Gasteiger partial charge in [-0.3, -0.25) is 9.59 Å². The van der Waals surface area contributed by atoms with Gasteiger partial charge in [0.2, 0.25) is 5.91 Å². The summed E-state index contributed by atoms with van der Waals surface area (Å²) in [5.74, 6) is -3.45. The normalized spacial score (nSPS) is 19.6. The second kappa shape index (κ2) is 6.26. The van der Waals surface area contributed by atoms with Gasteiger partial charge in [0.15, 0.2) is 0 Å². The van der Waals surface area contributed by atoms with Crippen molar-refractivity contribution in [3.05, 3.63) is 34.3 Å². The first-order chi connectivity index (χ1) is 9.88. The van der Waals surface area contributed by atoms with Gasteiger partial charge in [-0.05, 0) is 17.7 Å². The third kappa shape index (κ3) is 3.60. The van der Waals surface area contributed by atoms with Gasteiger partial charge in [0, 0.05) is 23.9 Å². The number of carboxylic acid groups (broad SMARTS) is 2. The van der Waals surface area contributed by atoms with E-state index in [0.29, 0.717) is 0 Å². The van der Waals surface area contributed by atoms with E-state index < -0.39 is 29.8 Å². The fourth-order valence-electron chi connectivity index (χ4n) is 2.37. The minimum Gasteiger partial charge on any atom is -0.481 e. The van der Waals surface area contributed by atoms with E-state index in [-0.39, 0.29) is 19.4 Å².